The second kappa shape index (κ2) is 6.34. The van der Waals surface area contributed by atoms with E-state index >= 15 is 0 Å². The van der Waals surface area contributed by atoms with Gasteiger partial charge in [-0.25, -0.2) is 14.4 Å². The maximum absolute atomic E-state index is 13.2. The summed E-state index contributed by atoms with van der Waals surface area (Å²) in [6.07, 6.45) is 4.31. The van der Waals surface area contributed by atoms with Crippen molar-refractivity contribution in [3.63, 3.8) is 0 Å². The van der Waals surface area contributed by atoms with Crippen molar-refractivity contribution >= 4 is 11.6 Å². The van der Waals surface area contributed by atoms with E-state index in [2.05, 4.69) is 14.9 Å². The molecule has 0 saturated heterocycles. The molecule has 1 aliphatic rings. The number of aromatic nitrogens is 2. The van der Waals surface area contributed by atoms with Crippen LogP contribution in [0.4, 0.5) is 4.39 Å². The van der Waals surface area contributed by atoms with Gasteiger partial charge in [-0.3, -0.25) is 4.90 Å². The minimum absolute atomic E-state index is 0.313. The van der Waals surface area contributed by atoms with Crippen LogP contribution in [0.1, 0.15) is 16.8 Å². The maximum atomic E-state index is 13.2. The second-order valence-corrected chi connectivity index (χ2v) is 6.25. The highest BCUT2D eigenvalue weighted by Crippen LogP contribution is 2.24. The number of furan rings is 1. The Bertz CT molecular complexity index is 867. The largest absolute Gasteiger partial charge is 0.461 e. The molecule has 0 unspecified atom stereocenters. The molecule has 24 heavy (non-hydrogen) atoms. The molecule has 6 heteroatoms. The van der Waals surface area contributed by atoms with Gasteiger partial charge in [0.05, 0.1) is 12.0 Å². The van der Waals surface area contributed by atoms with Gasteiger partial charge in [-0.2, -0.15) is 0 Å². The molecule has 4 rings (SSSR count). The van der Waals surface area contributed by atoms with Gasteiger partial charge >= 0.3 is 0 Å². The first-order valence-electron chi connectivity index (χ1n) is 7.74. The van der Waals surface area contributed by atoms with Gasteiger partial charge < -0.3 is 4.42 Å². The van der Waals surface area contributed by atoms with Crippen LogP contribution in [0.2, 0.25) is 5.02 Å². The Labute approximate surface area is 143 Å². The molecule has 0 fully saturated rings. The number of fused-ring (bicyclic) bond motifs is 1. The Morgan fingerprint density at radius 3 is 3.00 bits per heavy atom. The van der Waals surface area contributed by atoms with Gasteiger partial charge in [0.2, 0.25) is 0 Å². The lowest BCUT2D eigenvalue weighted by Crippen LogP contribution is -2.31. The standard InChI is InChI=1S/C18H15ClFN3O/c19-15-8-14(20)4-3-12(15)10-23-6-5-16-13(11-23)9-21-18(22-16)17-2-1-7-24-17/h1-4,7-9H,5-6,10-11H2. The van der Waals surface area contributed by atoms with Crippen LogP contribution in [0.3, 0.4) is 0 Å². The molecule has 0 radical (unpaired) electrons. The Hall–Kier alpha value is -2.24. The minimum atomic E-state index is -0.313. The van der Waals surface area contributed by atoms with Crippen molar-refractivity contribution < 1.29 is 8.81 Å². The van der Waals surface area contributed by atoms with Gasteiger partial charge in [0.25, 0.3) is 0 Å². The van der Waals surface area contributed by atoms with E-state index in [1.54, 1.807) is 12.3 Å². The van der Waals surface area contributed by atoms with E-state index in [1.807, 2.05) is 18.3 Å². The molecule has 4 nitrogen and oxygen atoms in total. The lowest BCUT2D eigenvalue weighted by Gasteiger charge is -2.28. The summed E-state index contributed by atoms with van der Waals surface area (Å²) in [6, 6.07) is 8.22. The van der Waals surface area contributed by atoms with Crippen LogP contribution < -0.4 is 0 Å². The fourth-order valence-electron chi connectivity index (χ4n) is 2.92. The summed E-state index contributed by atoms with van der Waals surface area (Å²) in [5.41, 5.74) is 3.09. The van der Waals surface area contributed by atoms with Crippen LogP contribution in [0.5, 0.6) is 0 Å². The van der Waals surface area contributed by atoms with Crippen LogP contribution in [0, 0.1) is 5.82 Å². The van der Waals surface area contributed by atoms with E-state index in [0.717, 1.165) is 36.3 Å². The maximum Gasteiger partial charge on any atom is 0.195 e. The SMILES string of the molecule is Fc1ccc(CN2CCc3nc(-c4ccco4)ncc3C2)c(Cl)c1. The summed E-state index contributed by atoms with van der Waals surface area (Å²) in [6.45, 7) is 2.30. The molecule has 0 aliphatic carbocycles. The Morgan fingerprint density at radius 2 is 2.21 bits per heavy atom. The van der Waals surface area contributed by atoms with Crippen molar-refractivity contribution in [2.75, 3.05) is 6.54 Å². The highest BCUT2D eigenvalue weighted by Gasteiger charge is 2.20. The third-order valence-electron chi connectivity index (χ3n) is 4.16. The van der Waals surface area contributed by atoms with Crippen molar-refractivity contribution in [2.24, 2.45) is 0 Å². The van der Waals surface area contributed by atoms with E-state index < -0.39 is 0 Å². The Balaban J connectivity index is 1.52. The number of nitrogens with zero attached hydrogens (tertiary/aromatic N) is 3. The highest BCUT2D eigenvalue weighted by atomic mass is 35.5. The Kier molecular flexibility index (Phi) is 4.04. The number of halogens is 2. The Morgan fingerprint density at radius 1 is 1.29 bits per heavy atom. The molecule has 0 bridgehead atoms. The quantitative estimate of drug-likeness (QED) is 0.718. The van der Waals surface area contributed by atoms with Gasteiger partial charge in [0.15, 0.2) is 11.6 Å². The zero-order valence-electron chi connectivity index (χ0n) is 12.9. The molecule has 1 aromatic carbocycles. The average molecular weight is 344 g/mol. The zero-order chi connectivity index (χ0) is 16.5. The van der Waals surface area contributed by atoms with Gasteiger partial charge in [-0.1, -0.05) is 17.7 Å². The summed E-state index contributed by atoms with van der Waals surface area (Å²) >= 11 is 6.13. The average Bonchev–Trinajstić information content (AvgIpc) is 3.11. The van der Waals surface area contributed by atoms with Crippen LogP contribution in [-0.4, -0.2) is 21.4 Å². The summed E-state index contributed by atoms with van der Waals surface area (Å²) in [5.74, 6) is 0.985. The monoisotopic (exact) mass is 343 g/mol. The zero-order valence-corrected chi connectivity index (χ0v) is 13.6. The molecular formula is C18H15ClFN3O. The summed E-state index contributed by atoms with van der Waals surface area (Å²) < 4.78 is 18.5. The van der Waals surface area contributed by atoms with Crippen molar-refractivity contribution in [3.8, 4) is 11.6 Å². The first-order chi connectivity index (χ1) is 11.7. The van der Waals surface area contributed by atoms with Gasteiger partial charge in [-0.15, -0.1) is 0 Å². The fourth-order valence-corrected chi connectivity index (χ4v) is 3.15. The number of hydrogen-bond donors (Lipinski definition) is 0. The smallest absolute Gasteiger partial charge is 0.195 e. The minimum Gasteiger partial charge on any atom is -0.461 e. The van der Waals surface area contributed by atoms with Crippen LogP contribution in [0.25, 0.3) is 11.6 Å². The normalized spacial score (nSPS) is 14.6. The highest BCUT2D eigenvalue weighted by molar-refractivity contribution is 6.31. The molecule has 3 aromatic rings. The molecule has 2 aromatic heterocycles. The number of rotatable bonds is 3. The molecule has 0 N–H and O–H groups in total. The second-order valence-electron chi connectivity index (χ2n) is 5.84. The van der Waals surface area contributed by atoms with Gasteiger partial charge in [0, 0.05) is 42.8 Å². The molecule has 0 spiro atoms. The van der Waals surface area contributed by atoms with E-state index in [9.17, 15) is 4.39 Å². The van der Waals surface area contributed by atoms with E-state index in [-0.39, 0.29) is 5.82 Å². The molecule has 0 amide bonds. The molecular weight excluding hydrogens is 329 g/mol. The number of benzene rings is 1. The van der Waals surface area contributed by atoms with Crippen molar-refractivity contribution in [3.05, 3.63) is 70.5 Å². The van der Waals surface area contributed by atoms with E-state index in [0.29, 0.717) is 23.2 Å². The first kappa shape index (κ1) is 15.3. The molecule has 3 heterocycles. The molecule has 122 valence electrons. The summed E-state index contributed by atoms with van der Waals surface area (Å²) in [5, 5.41) is 0.463. The lowest BCUT2D eigenvalue weighted by molar-refractivity contribution is 0.243. The molecule has 0 atom stereocenters. The van der Waals surface area contributed by atoms with E-state index in [4.69, 9.17) is 16.0 Å². The van der Waals surface area contributed by atoms with Crippen LogP contribution >= 0.6 is 11.6 Å². The predicted octanol–water partition coefficient (Wildman–Crippen LogP) is 4.09. The van der Waals surface area contributed by atoms with Gasteiger partial charge in [0.1, 0.15) is 5.82 Å². The van der Waals surface area contributed by atoms with Crippen molar-refractivity contribution in [1.82, 2.24) is 14.9 Å². The lowest BCUT2D eigenvalue weighted by atomic mass is 10.1. The van der Waals surface area contributed by atoms with Crippen molar-refractivity contribution in [1.29, 1.82) is 0 Å². The number of hydrogen-bond acceptors (Lipinski definition) is 4. The van der Waals surface area contributed by atoms with Crippen LogP contribution in [0.15, 0.2) is 47.2 Å². The third-order valence-corrected chi connectivity index (χ3v) is 4.52. The molecule has 0 saturated carbocycles. The van der Waals surface area contributed by atoms with Crippen molar-refractivity contribution in [2.45, 2.75) is 19.5 Å². The summed E-state index contributed by atoms with van der Waals surface area (Å²) in [4.78, 5) is 11.3. The third kappa shape index (κ3) is 3.05. The van der Waals surface area contributed by atoms with Gasteiger partial charge in [-0.05, 0) is 29.8 Å². The van der Waals surface area contributed by atoms with E-state index in [1.165, 1.54) is 12.1 Å². The topological polar surface area (TPSA) is 42.2 Å². The predicted molar refractivity (Wildman–Crippen MR) is 89.0 cm³/mol. The molecule has 1 aliphatic heterocycles. The first-order valence-corrected chi connectivity index (χ1v) is 8.12. The van der Waals surface area contributed by atoms with Crippen LogP contribution in [-0.2, 0) is 19.5 Å². The fraction of sp³-hybridized carbons (Fsp3) is 0.222. The summed E-state index contributed by atoms with van der Waals surface area (Å²) in [7, 11) is 0.